The first-order valence-corrected chi connectivity index (χ1v) is 6.83. The Bertz CT molecular complexity index is 523. The normalized spacial score (nSPS) is 21.0. The second kappa shape index (κ2) is 6.58. The topological polar surface area (TPSA) is 84.9 Å². The minimum absolute atomic E-state index is 0.00676. The summed E-state index contributed by atoms with van der Waals surface area (Å²) in [5.74, 6) is -0.719. The minimum Gasteiger partial charge on any atom is -0.493 e. The molecule has 1 aliphatic heterocycles. The molecule has 1 aromatic carbocycles. The number of carbonyl (C=O) groups is 2. The number of nitrogens with one attached hydrogen (secondary N) is 1. The average molecular weight is 293 g/mol. The van der Waals surface area contributed by atoms with Crippen molar-refractivity contribution in [3.05, 3.63) is 29.8 Å². The molecule has 1 heterocycles. The van der Waals surface area contributed by atoms with Crippen LogP contribution < -0.4 is 10.1 Å². The fraction of sp³-hybridized carbons (Fsp3) is 0.467. The van der Waals surface area contributed by atoms with Crippen molar-refractivity contribution >= 4 is 11.9 Å². The van der Waals surface area contributed by atoms with Crippen LogP contribution in [0.2, 0.25) is 0 Å². The second-order valence-electron chi connectivity index (χ2n) is 5.15. The number of rotatable bonds is 6. The first-order chi connectivity index (χ1) is 10.0. The van der Waals surface area contributed by atoms with E-state index < -0.39 is 11.5 Å². The van der Waals surface area contributed by atoms with Gasteiger partial charge in [0, 0.05) is 13.0 Å². The van der Waals surface area contributed by atoms with E-state index in [1.54, 1.807) is 0 Å². The molecule has 0 bridgehead atoms. The molecule has 114 valence electrons. The van der Waals surface area contributed by atoms with Gasteiger partial charge in [0.15, 0.2) is 5.54 Å². The highest BCUT2D eigenvalue weighted by molar-refractivity contribution is 5.87. The summed E-state index contributed by atoms with van der Waals surface area (Å²) < 4.78 is 10.6. The number of carboxylic acids is 1. The summed E-state index contributed by atoms with van der Waals surface area (Å²) in [6.45, 7) is 2.50. The van der Waals surface area contributed by atoms with Gasteiger partial charge in [0.25, 0.3) is 0 Å². The van der Waals surface area contributed by atoms with Crippen LogP contribution >= 0.6 is 0 Å². The molecule has 0 aliphatic carbocycles. The SMILES string of the molecule is Cc1cccc(OCCC(=O)NC2(C(=O)O)CCOC2)c1. The van der Waals surface area contributed by atoms with Crippen LogP contribution in [0, 0.1) is 6.92 Å². The molecule has 1 saturated heterocycles. The van der Waals surface area contributed by atoms with Crippen LogP contribution in [0.1, 0.15) is 18.4 Å². The summed E-state index contributed by atoms with van der Waals surface area (Å²) in [5.41, 5.74) is -0.217. The zero-order valence-electron chi connectivity index (χ0n) is 11.9. The molecule has 1 unspecified atom stereocenters. The molecule has 1 aromatic rings. The maximum absolute atomic E-state index is 11.9. The van der Waals surface area contributed by atoms with E-state index in [0.29, 0.717) is 12.4 Å². The number of carboxylic acid groups (broad SMARTS) is 1. The molecular weight excluding hydrogens is 274 g/mol. The van der Waals surface area contributed by atoms with Gasteiger partial charge in [-0.3, -0.25) is 4.79 Å². The van der Waals surface area contributed by atoms with Crippen LogP contribution in [0.15, 0.2) is 24.3 Å². The van der Waals surface area contributed by atoms with Crippen LogP contribution in [0.25, 0.3) is 0 Å². The van der Waals surface area contributed by atoms with Gasteiger partial charge >= 0.3 is 5.97 Å². The van der Waals surface area contributed by atoms with Gasteiger partial charge in [-0.2, -0.15) is 0 Å². The molecule has 2 rings (SSSR count). The van der Waals surface area contributed by atoms with Crippen LogP contribution in [0.3, 0.4) is 0 Å². The third kappa shape index (κ3) is 3.95. The van der Waals surface area contributed by atoms with E-state index in [-0.39, 0.29) is 32.0 Å². The van der Waals surface area contributed by atoms with Gasteiger partial charge in [0.1, 0.15) is 5.75 Å². The van der Waals surface area contributed by atoms with Crippen LogP contribution in [-0.4, -0.2) is 42.3 Å². The number of carbonyl (C=O) groups excluding carboxylic acids is 1. The van der Waals surface area contributed by atoms with Gasteiger partial charge in [-0.05, 0) is 24.6 Å². The van der Waals surface area contributed by atoms with E-state index in [0.717, 1.165) is 5.56 Å². The minimum atomic E-state index is -1.29. The first-order valence-electron chi connectivity index (χ1n) is 6.83. The van der Waals surface area contributed by atoms with Gasteiger partial charge < -0.3 is 19.9 Å². The Kier molecular flexibility index (Phi) is 4.80. The predicted molar refractivity (Wildman–Crippen MR) is 75.2 cm³/mol. The molecule has 21 heavy (non-hydrogen) atoms. The lowest BCUT2D eigenvalue weighted by Crippen LogP contribution is -2.55. The van der Waals surface area contributed by atoms with Crippen molar-refractivity contribution in [2.24, 2.45) is 0 Å². The Morgan fingerprint density at radius 1 is 1.48 bits per heavy atom. The van der Waals surface area contributed by atoms with Gasteiger partial charge in [-0.1, -0.05) is 12.1 Å². The Morgan fingerprint density at radius 3 is 2.90 bits per heavy atom. The number of aliphatic carboxylic acids is 1. The summed E-state index contributed by atoms with van der Waals surface area (Å²) in [6, 6.07) is 7.52. The van der Waals surface area contributed by atoms with Crippen molar-refractivity contribution in [2.45, 2.75) is 25.3 Å². The third-order valence-corrected chi connectivity index (χ3v) is 3.40. The first kappa shape index (κ1) is 15.3. The Labute approximate surface area is 123 Å². The van der Waals surface area contributed by atoms with Crippen molar-refractivity contribution in [3.8, 4) is 5.75 Å². The quantitative estimate of drug-likeness (QED) is 0.821. The molecule has 1 fully saturated rings. The van der Waals surface area contributed by atoms with Gasteiger partial charge in [-0.15, -0.1) is 0 Å². The standard InChI is InChI=1S/C15H19NO5/c1-11-3-2-4-12(9-11)21-7-5-13(17)16-15(14(18)19)6-8-20-10-15/h2-4,9H,5-8,10H2,1H3,(H,16,17)(H,18,19). The maximum Gasteiger partial charge on any atom is 0.331 e. The average Bonchev–Trinajstić information content (AvgIpc) is 2.88. The molecule has 1 atom stereocenters. The number of hydrogen-bond donors (Lipinski definition) is 2. The number of benzene rings is 1. The van der Waals surface area contributed by atoms with Crippen LogP contribution in [-0.2, 0) is 14.3 Å². The predicted octanol–water partition coefficient (Wildman–Crippen LogP) is 1.12. The Hall–Kier alpha value is -2.08. The number of amides is 1. The molecule has 6 nitrogen and oxygen atoms in total. The fourth-order valence-corrected chi connectivity index (χ4v) is 2.18. The van der Waals surface area contributed by atoms with Crippen molar-refractivity contribution in [3.63, 3.8) is 0 Å². The van der Waals surface area contributed by atoms with E-state index in [4.69, 9.17) is 9.47 Å². The lowest BCUT2D eigenvalue weighted by atomic mass is 9.99. The maximum atomic E-state index is 11.9. The molecule has 0 radical (unpaired) electrons. The van der Waals surface area contributed by atoms with Crippen molar-refractivity contribution in [1.82, 2.24) is 5.32 Å². The van der Waals surface area contributed by atoms with Crippen molar-refractivity contribution in [1.29, 1.82) is 0 Å². The van der Waals surface area contributed by atoms with E-state index in [2.05, 4.69) is 5.32 Å². The summed E-state index contributed by atoms with van der Waals surface area (Å²) >= 11 is 0. The lowest BCUT2D eigenvalue weighted by molar-refractivity contribution is -0.147. The van der Waals surface area contributed by atoms with Crippen LogP contribution in [0.4, 0.5) is 0 Å². The highest BCUT2D eigenvalue weighted by Crippen LogP contribution is 2.19. The highest BCUT2D eigenvalue weighted by atomic mass is 16.5. The Morgan fingerprint density at radius 2 is 2.29 bits per heavy atom. The molecule has 1 aliphatic rings. The molecule has 6 heteroatoms. The van der Waals surface area contributed by atoms with Gasteiger partial charge in [0.2, 0.25) is 5.91 Å². The summed E-state index contributed by atoms with van der Waals surface area (Å²) in [6.07, 6.45) is 0.385. The zero-order chi connectivity index (χ0) is 15.3. The molecular formula is C15H19NO5. The largest absolute Gasteiger partial charge is 0.493 e. The van der Waals surface area contributed by atoms with Gasteiger partial charge in [0.05, 0.1) is 19.6 Å². The smallest absolute Gasteiger partial charge is 0.331 e. The van der Waals surface area contributed by atoms with E-state index in [1.165, 1.54) is 0 Å². The third-order valence-electron chi connectivity index (χ3n) is 3.40. The molecule has 0 saturated carbocycles. The fourth-order valence-electron chi connectivity index (χ4n) is 2.18. The second-order valence-corrected chi connectivity index (χ2v) is 5.15. The van der Waals surface area contributed by atoms with Gasteiger partial charge in [-0.25, -0.2) is 4.79 Å². The van der Waals surface area contributed by atoms with Crippen LogP contribution in [0.5, 0.6) is 5.75 Å². The number of aryl methyl sites for hydroxylation is 1. The zero-order valence-corrected chi connectivity index (χ0v) is 11.9. The molecule has 0 spiro atoms. The molecule has 0 aromatic heterocycles. The lowest BCUT2D eigenvalue weighted by Gasteiger charge is -2.23. The number of hydrogen-bond acceptors (Lipinski definition) is 4. The van der Waals surface area contributed by atoms with E-state index in [9.17, 15) is 14.7 Å². The number of ether oxygens (including phenoxy) is 2. The molecule has 2 N–H and O–H groups in total. The highest BCUT2D eigenvalue weighted by Gasteiger charge is 2.43. The van der Waals surface area contributed by atoms with Crippen molar-refractivity contribution < 1.29 is 24.2 Å². The molecule has 1 amide bonds. The van der Waals surface area contributed by atoms with E-state index in [1.807, 2.05) is 31.2 Å². The summed E-state index contributed by atoms with van der Waals surface area (Å²) in [4.78, 5) is 23.1. The summed E-state index contributed by atoms with van der Waals surface area (Å²) in [7, 11) is 0. The Balaban J connectivity index is 1.81. The van der Waals surface area contributed by atoms with Crippen molar-refractivity contribution in [2.75, 3.05) is 19.8 Å². The van der Waals surface area contributed by atoms with E-state index >= 15 is 0 Å². The monoisotopic (exact) mass is 293 g/mol. The summed E-state index contributed by atoms with van der Waals surface area (Å²) in [5, 5.41) is 11.8.